The molecule has 0 bridgehead atoms. The number of para-hydroxylation sites is 1. The van der Waals surface area contributed by atoms with Crippen LogP contribution in [0.1, 0.15) is 5.56 Å². The van der Waals surface area contributed by atoms with Gasteiger partial charge in [-0.15, -0.1) is 0 Å². The van der Waals surface area contributed by atoms with Crippen molar-refractivity contribution in [1.82, 2.24) is 0 Å². The standard InChI is InChI=1S/C22H20N2O5S/c1-16-7-5-6-10-19(16)24(30(26,27)18-8-3-2-4-9-18)14-22(25)23-17-11-12-20-21(13-17)29-15-28-20/h2-13H,14-15H2,1H3,(H,23,25). The Balaban J connectivity index is 1.63. The van der Waals surface area contributed by atoms with Crippen molar-refractivity contribution in [1.29, 1.82) is 0 Å². The first kappa shape index (κ1) is 19.8. The van der Waals surface area contributed by atoms with E-state index >= 15 is 0 Å². The fraction of sp³-hybridized carbons (Fsp3) is 0.136. The van der Waals surface area contributed by atoms with E-state index in [1.54, 1.807) is 61.5 Å². The topological polar surface area (TPSA) is 84.9 Å². The van der Waals surface area contributed by atoms with Crippen LogP contribution in [0.4, 0.5) is 11.4 Å². The second kappa shape index (κ2) is 8.08. The molecule has 1 amide bonds. The van der Waals surface area contributed by atoms with Crippen LogP contribution in [0, 0.1) is 6.92 Å². The van der Waals surface area contributed by atoms with Crippen LogP contribution in [-0.4, -0.2) is 27.7 Å². The maximum absolute atomic E-state index is 13.3. The van der Waals surface area contributed by atoms with Crippen molar-refractivity contribution in [3.05, 3.63) is 78.4 Å². The molecule has 0 aliphatic carbocycles. The number of ether oxygens (including phenoxy) is 2. The van der Waals surface area contributed by atoms with E-state index in [0.29, 0.717) is 22.9 Å². The Labute approximate surface area is 174 Å². The summed E-state index contributed by atoms with van der Waals surface area (Å²) in [5.41, 5.74) is 1.68. The maximum Gasteiger partial charge on any atom is 0.264 e. The molecule has 0 saturated heterocycles. The molecule has 1 aliphatic rings. The Morgan fingerprint density at radius 3 is 2.43 bits per heavy atom. The lowest BCUT2D eigenvalue weighted by molar-refractivity contribution is -0.114. The van der Waals surface area contributed by atoms with Gasteiger partial charge < -0.3 is 14.8 Å². The summed E-state index contributed by atoms with van der Waals surface area (Å²) in [6.45, 7) is 1.55. The molecule has 0 atom stereocenters. The van der Waals surface area contributed by atoms with Gasteiger partial charge in [0.15, 0.2) is 11.5 Å². The molecule has 0 fully saturated rings. The van der Waals surface area contributed by atoms with Gasteiger partial charge >= 0.3 is 0 Å². The number of amides is 1. The molecule has 7 nitrogen and oxygen atoms in total. The van der Waals surface area contributed by atoms with E-state index in [1.807, 2.05) is 6.07 Å². The first-order chi connectivity index (χ1) is 14.4. The van der Waals surface area contributed by atoms with Crippen LogP contribution in [0.3, 0.4) is 0 Å². The van der Waals surface area contributed by atoms with Gasteiger partial charge in [0.25, 0.3) is 10.0 Å². The third-order valence-corrected chi connectivity index (χ3v) is 6.43. The number of carbonyl (C=O) groups is 1. The van der Waals surface area contributed by atoms with E-state index in [9.17, 15) is 13.2 Å². The van der Waals surface area contributed by atoms with Gasteiger partial charge in [-0.25, -0.2) is 8.42 Å². The summed E-state index contributed by atoms with van der Waals surface area (Å²) < 4.78 is 38.4. The van der Waals surface area contributed by atoms with Gasteiger partial charge in [-0.3, -0.25) is 9.10 Å². The van der Waals surface area contributed by atoms with Crippen molar-refractivity contribution in [2.75, 3.05) is 23.0 Å². The zero-order valence-electron chi connectivity index (χ0n) is 16.2. The third-order valence-electron chi connectivity index (χ3n) is 4.66. The lowest BCUT2D eigenvalue weighted by Gasteiger charge is -2.25. The van der Waals surface area contributed by atoms with E-state index < -0.39 is 15.9 Å². The molecule has 0 aromatic heterocycles. The number of sulfonamides is 1. The minimum absolute atomic E-state index is 0.115. The summed E-state index contributed by atoms with van der Waals surface area (Å²) in [6, 6.07) is 20.1. The van der Waals surface area contributed by atoms with Gasteiger partial charge in [0.1, 0.15) is 6.54 Å². The number of anilines is 2. The molecule has 1 heterocycles. The zero-order valence-corrected chi connectivity index (χ0v) is 17.1. The van der Waals surface area contributed by atoms with Gasteiger partial charge in [0, 0.05) is 11.8 Å². The van der Waals surface area contributed by atoms with E-state index in [2.05, 4.69) is 5.32 Å². The molecule has 3 aromatic carbocycles. The van der Waals surface area contributed by atoms with Crippen LogP contribution < -0.4 is 19.1 Å². The molecule has 0 spiro atoms. The van der Waals surface area contributed by atoms with E-state index in [4.69, 9.17) is 9.47 Å². The smallest absolute Gasteiger partial charge is 0.264 e. The number of hydrogen-bond donors (Lipinski definition) is 1. The first-order valence-electron chi connectivity index (χ1n) is 9.28. The normalized spacial score (nSPS) is 12.4. The Bertz CT molecular complexity index is 1180. The quantitative estimate of drug-likeness (QED) is 0.654. The fourth-order valence-corrected chi connectivity index (χ4v) is 4.67. The highest BCUT2D eigenvalue weighted by Gasteiger charge is 2.28. The molecule has 0 radical (unpaired) electrons. The van der Waals surface area contributed by atoms with Crippen LogP contribution in [0.25, 0.3) is 0 Å². The molecule has 3 aromatic rings. The SMILES string of the molecule is Cc1ccccc1N(CC(=O)Nc1ccc2c(c1)OCO2)S(=O)(=O)c1ccccc1. The Morgan fingerprint density at radius 2 is 1.67 bits per heavy atom. The second-order valence-corrected chi connectivity index (χ2v) is 8.59. The summed E-state index contributed by atoms with van der Waals surface area (Å²) in [6.07, 6.45) is 0. The van der Waals surface area contributed by atoms with E-state index in [-0.39, 0.29) is 18.2 Å². The lowest BCUT2D eigenvalue weighted by atomic mass is 10.2. The van der Waals surface area contributed by atoms with Crippen molar-refractivity contribution < 1.29 is 22.7 Å². The molecule has 1 N–H and O–H groups in total. The fourth-order valence-electron chi connectivity index (χ4n) is 3.17. The highest BCUT2D eigenvalue weighted by Crippen LogP contribution is 2.34. The zero-order chi connectivity index (χ0) is 21.1. The highest BCUT2D eigenvalue weighted by atomic mass is 32.2. The minimum Gasteiger partial charge on any atom is -0.454 e. The Hall–Kier alpha value is -3.52. The largest absolute Gasteiger partial charge is 0.454 e. The Morgan fingerprint density at radius 1 is 0.967 bits per heavy atom. The summed E-state index contributed by atoms with van der Waals surface area (Å²) in [4.78, 5) is 12.9. The average Bonchev–Trinajstić information content (AvgIpc) is 3.21. The van der Waals surface area contributed by atoms with E-state index in [1.165, 1.54) is 12.1 Å². The van der Waals surface area contributed by atoms with Crippen LogP contribution in [-0.2, 0) is 14.8 Å². The van der Waals surface area contributed by atoms with Crippen LogP contribution in [0.2, 0.25) is 0 Å². The summed E-state index contributed by atoms with van der Waals surface area (Å²) in [5.74, 6) is 0.651. The van der Waals surface area contributed by atoms with Crippen molar-refractivity contribution in [2.24, 2.45) is 0 Å². The predicted octanol–water partition coefficient (Wildman–Crippen LogP) is 3.56. The van der Waals surface area contributed by atoms with Gasteiger partial charge in [0.05, 0.1) is 10.6 Å². The highest BCUT2D eigenvalue weighted by molar-refractivity contribution is 7.92. The molecule has 4 rings (SSSR count). The molecule has 30 heavy (non-hydrogen) atoms. The number of nitrogens with one attached hydrogen (secondary N) is 1. The molecule has 154 valence electrons. The number of benzene rings is 3. The summed E-state index contributed by atoms with van der Waals surface area (Å²) in [7, 11) is -3.95. The summed E-state index contributed by atoms with van der Waals surface area (Å²) in [5, 5.41) is 2.73. The third kappa shape index (κ3) is 3.95. The van der Waals surface area contributed by atoms with Gasteiger partial charge in [-0.05, 0) is 42.8 Å². The van der Waals surface area contributed by atoms with Crippen LogP contribution in [0.5, 0.6) is 11.5 Å². The molecular weight excluding hydrogens is 404 g/mol. The number of aryl methyl sites for hydroxylation is 1. The Kier molecular flexibility index (Phi) is 5.33. The number of hydrogen-bond acceptors (Lipinski definition) is 5. The number of carbonyl (C=O) groups excluding carboxylic acids is 1. The van der Waals surface area contributed by atoms with Crippen LogP contribution in [0.15, 0.2) is 77.7 Å². The van der Waals surface area contributed by atoms with Crippen molar-refractivity contribution in [2.45, 2.75) is 11.8 Å². The van der Waals surface area contributed by atoms with Gasteiger partial charge in [-0.1, -0.05) is 36.4 Å². The molecule has 8 heteroatoms. The van der Waals surface area contributed by atoms with Crippen molar-refractivity contribution >= 4 is 27.3 Å². The van der Waals surface area contributed by atoms with Crippen molar-refractivity contribution in [3.63, 3.8) is 0 Å². The van der Waals surface area contributed by atoms with E-state index in [0.717, 1.165) is 9.87 Å². The molecule has 0 unspecified atom stereocenters. The number of nitrogens with zero attached hydrogens (tertiary/aromatic N) is 1. The van der Waals surface area contributed by atoms with Crippen LogP contribution >= 0.6 is 0 Å². The van der Waals surface area contributed by atoms with Crippen molar-refractivity contribution in [3.8, 4) is 11.5 Å². The second-order valence-electron chi connectivity index (χ2n) is 6.73. The predicted molar refractivity (Wildman–Crippen MR) is 113 cm³/mol. The lowest BCUT2D eigenvalue weighted by Crippen LogP contribution is -2.38. The van der Waals surface area contributed by atoms with Gasteiger partial charge in [0.2, 0.25) is 12.7 Å². The monoisotopic (exact) mass is 424 g/mol. The molecular formula is C22H20N2O5S. The number of rotatable bonds is 6. The molecule has 1 aliphatic heterocycles. The number of fused-ring (bicyclic) bond motifs is 1. The maximum atomic E-state index is 13.3. The molecule has 0 saturated carbocycles. The van der Waals surface area contributed by atoms with Gasteiger partial charge in [-0.2, -0.15) is 0 Å². The minimum atomic E-state index is -3.95. The average molecular weight is 424 g/mol. The first-order valence-corrected chi connectivity index (χ1v) is 10.7. The summed E-state index contributed by atoms with van der Waals surface area (Å²) >= 11 is 0.